The van der Waals surface area contributed by atoms with Crippen LogP contribution in [0.3, 0.4) is 0 Å². The van der Waals surface area contributed by atoms with Gasteiger partial charge in [0, 0.05) is 24.0 Å². The van der Waals surface area contributed by atoms with Gasteiger partial charge >= 0.3 is 5.88 Å². The first kappa shape index (κ1) is 23.3. The molecule has 4 aromatic rings. The third-order valence-electron chi connectivity index (χ3n) is 4.52. The zero-order valence-corrected chi connectivity index (χ0v) is 18.5. The molecule has 0 aromatic carbocycles. The molecule has 0 bridgehead atoms. The molecule has 4 rings (SSSR count). The van der Waals surface area contributed by atoms with Crippen LogP contribution in [-0.4, -0.2) is 32.0 Å². The first-order valence-electron chi connectivity index (χ1n) is 10.1. The molecule has 0 aliphatic carbocycles. The number of hydrogen-bond acceptors (Lipinski definition) is 5. The van der Waals surface area contributed by atoms with Crippen molar-refractivity contribution in [1.82, 2.24) is 14.5 Å². The van der Waals surface area contributed by atoms with Crippen molar-refractivity contribution in [1.29, 1.82) is 0 Å². The molecule has 4 heterocycles. The number of Topliss-reactive ketones (excluding diaryl/α,β-unsaturated/α-hetero) is 1. The summed E-state index contributed by atoms with van der Waals surface area (Å²) in [6.45, 7) is 3.78. The smallest absolute Gasteiger partial charge is 0.339 e. The molecular formula is C23H23ClFN4O3+. The zero-order valence-electron chi connectivity index (χ0n) is 17.7. The summed E-state index contributed by atoms with van der Waals surface area (Å²) in [5.74, 6) is -1.16. The van der Waals surface area contributed by atoms with E-state index in [1.807, 2.05) is 13.8 Å². The third kappa shape index (κ3) is 5.09. The molecule has 1 N–H and O–H groups in total. The van der Waals surface area contributed by atoms with Gasteiger partial charge in [0.15, 0.2) is 0 Å². The molecule has 0 atom stereocenters. The minimum atomic E-state index is -0.507. The van der Waals surface area contributed by atoms with Gasteiger partial charge in [-0.25, -0.2) is 13.9 Å². The minimum absolute atomic E-state index is 0.0812. The number of aromatic nitrogens is 4. The number of aromatic hydroxyl groups is 1. The number of nitrogens with zero attached hydrogens (tertiary/aromatic N) is 4. The standard InChI is InChI=1S/C21H16ClFN4O3.C2H6/c22-18-7-6-14(10-25-18)11-27-19-5-1-2-9-26(19)21(29)20(27)17(28)13-30-12-16-15(23)4-3-8-24-16;1-2/h1-10H,11-13H2;1-2H3/p+1. The Morgan fingerprint density at radius 1 is 1.19 bits per heavy atom. The molecule has 9 heteroatoms. The Labute approximate surface area is 189 Å². The monoisotopic (exact) mass is 457 g/mol. The van der Waals surface area contributed by atoms with E-state index >= 15 is 0 Å². The first-order chi connectivity index (χ1) is 15.5. The quantitative estimate of drug-likeness (QED) is 0.258. The highest BCUT2D eigenvalue weighted by molar-refractivity contribution is 6.29. The van der Waals surface area contributed by atoms with Gasteiger partial charge in [0.05, 0.1) is 12.8 Å². The van der Waals surface area contributed by atoms with Crippen molar-refractivity contribution in [2.24, 2.45) is 0 Å². The Morgan fingerprint density at radius 3 is 2.72 bits per heavy atom. The summed E-state index contributed by atoms with van der Waals surface area (Å²) in [4.78, 5) is 20.9. The van der Waals surface area contributed by atoms with Gasteiger partial charge in [-0.3, -0.25) is 9.78 Å². The predicted molar refractivity (Wildman–Crippen MR) is 117 cm³/mol. The molecule has 0 saturated heterocycles. The van der Waals surface area contributed by atoms with Gasteiger partial charge in [0.25, 0.3) is 11.3 Å². The number of fused-ring (bicyclic) bond motifs is 1. The molecule has 0 aliphatic rings. The lowest BCUT2D eigenvalue weighted by atomic mass is 10.2. The number of halogens is 2. The van der Waals surface area contributed by atoms with Gasteiger partial charge in [-0.15, -0.1) is 0 Å². The van der Waals surface area contributed by atoms with E-state index in [9.17, 15) is 14.3 Å². The Bertz CT molecular complexity index is 1210. The summed E-state index contributed by atoms with van der Waals surface area (Å²) >= 11 is 5.85. The van der Waals surface area contributed by atoms with Crippen LogP contribution in [0.2, 0.25) is 5.15 Å². The fourth-order valence-corrected chi connectivity index (χ4v) is 3.25. The normalized spacial score (nSPS) is 10.6. The van der Waals surface area contributed by atoms with Gasteiger partial charge in [0.1, 0.15) is 29.8 Å². The topological polar surface area (TPSA) is 81.3 Å². The van der Waals surface area contributed by atoms with Crippen LogP contribution in [-0.2, 0) is 17.9 Å². The Kier molecular flexibility index (Phi) is 7.86. The van der Waals surface area contributed by atoms with E-state index < -0.39 is 11.6 Å². The van der Waals surface area contributed by atoms with Crippen molar-refractivity contribution >= 4 is 23.0 Å². The van der Waals surface area contributed by atoms with E-state index in [0.717, 1.165) is 5.56 Å². The van der Waals surface area contributed by atoms with E-state index in [1.165, 1.54) is 22.7 Å². The predicted octanol–water partition coefficient (Wildman–Crippen LogP) is 3.99. The van der Waals surface area contributed by atoms with Crippen LogP contribution in [0, 0.1) is 5.82 Å². The molecule has 7 nitrogen and oxygen atoms in total. The van der Waals surface area contributed by atoms with E-state index in [0.29, 0.717) is 10.8 Å². The fraction of sp³-hybridized carbons (Fsp3) is 0.217. The average molecular weight is 458 g/mol. The largest absolute Gasteiger partial charge is 0.474 e. The summed E-state index contributed by atoms with van der Waals surface area (Å²) in [5, 5.41) is 11.0. The van der Waals surface area contributed by atoms with Gasteiger partial charge in [0.2, 0.25) is 5.78 Å². The van der Waals surface area contributed by atoms with Crippen LogP contribution in [0.5, 0.6) is 5.88 Å². The maximum Gasteiger partial charge on any atom is 0.339 e. The van der Waals surface area contributed by atoms with Crippen LogP contribution in [0.15, 0.2) is 61.1 Å². The van der Waals surface area contributed by atoms with Crippen LogP contribution in [0.1, 0.15) is 35.6 Å². The molecule has 4 aromatic heterocycles. The van der Waals surface area contributed by atoms with Crippen molar-refractivity contribution in [3.8, 4) is 5.88 Å². The molecule has 166 valence electrons. The maximum atomic E-state index is 13.7. The minimum Gasteiger partial charge on any atom is -0.474 e. The van der Waals surface area contributed by atoms with Crippen LogP contribution >= 0.6 is 11.6 Å². The molecule has 0 fully saturated rings. The van der Waals surface area contributed by atoms with Crippen molar-refractivity contribution in [3.05, 3.63) is 89.0 Å². The molecule has 0 amide bonds. The summed E-state index contributed by atoms with van der Waals surface area (Å²) in [6, 6.07) is 11.5. The lowest BCUT2D eigenvalue weighted by Crippen LogP contribution is -2.19. The number of pyridine rings is 3. The number of ketones is 1. The summed E-state index contributed by atoms with van der Waals surface area (Å²) in [5.41, 5.74) is 1.60. The van der Waals surface area contributed by atoms with Crippen LogP contribution in [0.25, 0.3) is 5.65 Å². The Balaban J connectivity index is 0.00000141. The molecule has 32 heavy (non-hydrogen) atoms. The molecule has 0 saturated carbocycles. The van der Waals surface area contributed by atoms with E-state index in [4.69, 9.17) is 16.3 Å². The SMILES string of the molecule is CC.O=C(COCc1ncccc1F)c1c(O)[n+]2ccccc2n1Cc1ccc(Cl)nc1. The van der Waals surface area contributed by atoms with Gasteiger partial charge in [-0.2, -0.15) is 4.40 Å². The van der Waals surface area contributed by atoms with Gasteiger partial charge in [-0.05, 0) is 24.3 Å². The lowest BCUT2D eigenvalue weighted by Gasteiger charge is -2.05. The second kappa shape index (κ2) is 10.8. The summed E-state index contributed by atoms with van der Waals surface area (Å²) in [7, 11) is 0. The first-order valence-corrected chi connectivity index (χ1v) is 10.4. The van der Waals surface area contributed by atoms with Crippen molar-refractivity contribution < 1.29 is 23.4 Å². The molecule has 0 radical (unpaired) electrons. The van der Waals surface area contributed by atoms with E-state index in [1.54, 1.807) is 47.3 Å². The maximum absolute atomic E-state index is 13.7. The number of imidazole rings is 1. The van der Waals surface area contributed by atoms with E-state index in [-0.39, 0.29) is 37.0 Å². The second-order valence-corrected chi connectivity index (χ2v) is 6.91. The number of ether oxygens (including phenoxy) is 1. The molecule has 0 aliphatic heterocycles. The Morgan fingerprint density at radius 2 is 2.00 bits per heavy atom. The fourth-order valence-electron chi connectivity index (χ4n) is 3.13. The average Bonchev–Trinajstić information content (AvgIpc) is 3.09. The highest BCUT2D eigenvalue weighted by Gasteiger charge is 2.31. The number of carbonyl (C=O) groups is 1. The summed E-state index contributed by atoms with van der Waals surface area (Å²) in [6.07, 6.45) is 4.71. The van der Waals surface area contributed by atoms with Gasteiger partial charge in [-0.1, -0.05) is 37.6 Å². The van der Waals surface area contributed by atoms with Crippen LogP contribution in [0.4, 0.5) is 4.39 Å². The molecule has 0 unspecified atom stereocenters. The number of carbonyl (C=O) groups excluding carboxylic acids is 1. The van der Waals surface area contributed by atoms with Gasteiger partial charge < -0.3 is 9.84 Å². The Hall–Kier alpha value is -3.36. The van der Waals surface area contributed by atoms with Crippen molar-refractivity contribution in [2.75, 3.05) is 6.61 Å². The summed E-state index contributed by atoms with van der Waals surface area (Å²) < 4.78 is 22.2. The lowest BCUT2D eigenvalue weighted by molar-refractivity contribution is -0.521. The van der Waals surface area contributed by atoms with Crippen molar-refractivity contribution in [2.45, 2.75) is 27.0 Å². The highest BCUT2D eigenvalue weighted by Crippen LogP contribution is 2.20. The van der Waals surface area contributed by atoms with Crippen molar-refractivity contribution in [3.63, 3.8) is 0 Å². The zero-order chi connectivity index (χ0) is 23.1. The second-order valence-electron chi connectivity index (χ2n) is 6.52. The molecule has 0 spiro atoms. The number of rotatable bonds is 7. The third-order valence-corrected chi connectivity index (χ3v) is 4.75. The van der Waals surface area contributed by atoms with Crippen LogP contribution < -0.4 is 4.40 Å². The van der Waals surface area contributed by atoms with E-state index in [2.05, 4.69) is 9.97 Å². The highest BCUT2D eigenvalue weighted by atomic mass is 35.5. The molecular weight excluding hydrogens is 435 g/mol. The number of hydrogen-bond donors (Lipinski definition) is 1.